The zero-order valence-corrected chi connectivity index (χ0v) is 17.1. The summed E-state index contributed by atoms with van der Waals surface area (Å²) in [6.07, 6.45) is 5.57. The van der Waals surface area contributed by atoms with Crippen LogP contribution in [-0.4, -0.2) is 45.9 Å². The van der Waals surface area contributed by atoms with E-state index in [0.29, 0.717) is 39.9 Å². The van der Waals surface area contributed by atoms with Crippen molar-refractivity contribution < 1.29 is 9.21 Å². The van der Waals surface area contributed by atoms with Crippen LogP contribution in [0.2, 0.25) is 0 Å². The Hall–Kier alpha value is -2.74. The van der Waals surface area contributed by atoms with Crippen molar-refractivity contribution in [2.45, 2.75) is 19.4 Å². The summed E-state index contributed by atoms with van der Waals surface area (Å²) in [5.74, 6) is 1.16. The first kappa shape index (κ1) is 18.6. The number of halogens is 1. The molecule has 1 aliphatic rings. The number of amides is 1. The first-order valence-electron chi connectivity index (χ1n) is 9.15. The van der Waals surface area contributed by atoms with E-state index in [0.717, 1.165) is 25.9 Å². The van der Waals surface area contributed by atoms with Crippen molar-refractivity contribution in [1.82, 2.24) is 19.9 Å². The van der Waals surface area contributed by atoms with Gasteiger partial charge in [0.15, 0.2) is 4.67 Å². The van der Waals surface area contributed by atoms with Gasteiger partial charge in [-0.3, -0.25) is 9.78 Å². The minimum atomic E-state index is -0.179. The molecule has 28 heavy (non-hydrogen) atoms. The van der Waals surface area contributed by atoms with Crippen LogP contribution in [0.1, 0.15) is 29.0 Å². The number of pyridine rings is 1. The largest absolute Gasteiger partial charge is 0.452 e. The first-order chi connectivity index (χ1) is 13.6. The summed E-state index contributed by atoms with van der Waals surface area (Å²) in [6, 6.07) is 9.23. The molecule has 4 heterocycles. The number of rotatable bonds is 5. The van der Waals surface area contributed by atoms with Crippen LogP contribution in [0.4, 0.5) is 5.95 Å². The van der Waals surface area contributed by atoms with Crippen molar-refractivity contribution in [3.05, 3.63) is 58.7 Å². The minimum Gasteiger partial charge on any atom is -0.452 e. The van der Waals surface area contributed by atoms with E-state index < -0.39 is 0 Å². The van der Waals surface area contributed by atoms with Gasteiger partial charge < -0.3 is 14.2 Å². The third kappa shape index (κ3) is 3.91. The topological polar surface area (TPSA) is 75.4 Å². The molecule has 3 aromatic rings. The lowest BCUT2D eigenvalue weighted by Gasteiger charge is -2.20. The Labute approximate surface area is 171 Å². The summed E-state index contributed by atoms with van der Waals surface area (Å²) in [5.41, 5.74) is 1.63. The summed E-state index contributed by atoms with van der Waals surface area (Å²) in [4.78, 5) is 30.5. The second-order valence-electron chi connectivity index (χ2n) is 6.71. The number of furan rings is 1. The zero-order valence-electron chi connectivity index (χ0n) is 15.5. The molecule has 0 aliphatic carbocycles. The maximum absolute atomic E-state index is 13.1. The number of hydrogen-bond acceptors (Lipinski definition) is 6. The van der Waals surface area contributed by atoms with Gasteiger partial charge in [0, 0.05) is 32.5 Å². The van der Waals surface area contributed by atoms with E-state index in [9.17, 15) is 4.79 Å². The maximum atomic E-state index is 13.1. The highest BCUT2D eigenvalue weighted by atomic mass is 79.9. The van der Waals surface area contributed by atoms with E-state index >= 15 is 0 Å². The summed E-state index contributed by atoms with van der Waals surface area (Å²) < 4.78 is 6.15. The summed E-state index contributed by atoms with van der Waals surface area (Å²) in [6.45, 7) is 2.21. The Morgan fingerprint density at radius 3 is 2.71 bits per heavy atom. The average Bonchev–Trinajstić information content (AvgIpc) is 3.40. The van der Waals surface area contributed by atoms with Crippen LogP contribution in [-0.2, 0) is 6.54 Å². The normalized spacial score (nSPS) is 13.7. The second-order valence-corrected chi connectivity index (χ2v) is 7.49. The molecular weight excluding hydrogens is 422 g/mol. The molecule has 0 N–H and O–H groups in total. The fraction of sp³-hybridized carbons (Fsp3) is 0.300. The molecule has 0 atom stereocenters. The third-order valence-corrected chi connectivity index (χ3v) is 5.10. The van der Waals surface area contributed by atoms with E-state index in [4.69, 9.17) is 9.40 Å². The number of anilines is 1. The lowest BCUT2D eigenvalue weighted by atomic mass is 10.1. The molecule has 4 rings (SSSR count). The van der Waals surface area contributed by atoms with Gasteiger partial charge in [0.2, 0.25) is 5.95 Å². The van der Waals surface area contributed by atoms with E-state index in [1.807, 2.05) is 24.3 Å². The van der Waals surface area contributed by atoms with Gasteiger partial charge in [-0.25, -0.2) is 9.97 Å². The lowest BCUT2D eigenvalue weighted by molar-refractivity contribution is 0.0775. The number of aromatic nitrogens is 3. The fourth-order valence-corrected chi connectivity index (χ4v) is 3.58. The zero-order chi connectivity index (χ0) is 19.5. The number of carbonyl (C=O) groups is 1. The van der Waals surface area contributed by atoms with Crippen LogP contribution in [0.25, 0.3) is 11.4 Å². The van der Waals surface area contributed by atoms with E-state index in [-0.39, 0.29) is 5.91 Å². The SMILES string of the molecule is CN(Cc1ccc(Br)o1)C(=O)c1cnc(N2CCCC2)nc1-c1ccccn1. The summed E-state index contributed by atoms with van der Waals surface area (Å²) in [7, 11) is 1.73. The van der Waals surface area contributed by atoms with Gasteiger partial charge in [-0.1, -0.05) is 6.07 Å². The predicted molar refractivity (Wildman–Crippen MR) is 109 cm³/mol. The lowest BCUT2D eigenvalue weighted by Crippen LogP contribution is -2.28. The molecular formula is C20H20BrN5O2. The van der Waals surface area contributed by atoms with Crippen LogP contribution >= 0.6 is 15.9 Å². The molecule has 1 saturated heterocycles. The van der Waals surface area contributed by atoms with Crippen LogP contribution in [0.3, 0.4) is 0 Å². The van der Waals surface area contributed by atoms with Crippen molar-refractivity contribution in [3.8, 4) is 11.4 Å². The molecule has 0 bridgehead atoms. The summed E-state index contributed by atoms with van der Waals surface area (Å²) >= 11 is 3.28. The third-order valence-electron chi connectivity index (χ3n) is 4.67. The highest BCUT2D eigenvalue weighted by molar-refractivity contribution is 9.10. The molecule has 1 aliphatic heterocycles. The molecule has 144 valence electrons. The van der Waals surface area contributed by atoms with Gasteiger partial charge in [0.25, 0.3) is 5.91 Å². The standard InChI is InChI=1S/C20H20BrN5O2/c1-25(13-14-7-8-17(21)28-14)19(27)15-12-23-20(26-10-4-5-11-26)24-18(15)16-6-2-3-9-22-16/h2-3,6-9,12H,4-5,10-11,13H2,1H3. The predicted octanol–water partition coefficient (Wildman–Crippen LogP) is 3.77. The molecule has 0 aromatic carbocycles. The van der Waals surface area contributed by atoms with Crippen LogP contribution in [0.15, 0.2) is 51.8 Å². The highest BCUT2D eigenvalue weighted by Gasteiger charge is 2.23. The first-order valence-corrected chi connectivity index (χ1v) is 9.94. The molecule has 0 radical (unpaired) electrons. The van der Waals surface area contributed by atoms with Crippen molar-refractivity contribution >= 4 is 27.8 Å². The Balaban J connectivity index is 1.67. The highest BCUT2D eigenvalue weighted by Crippen LogP contribution is 2.25. The number of nitrogens with zero attached hydrogens (tertiary/aromatic N) is 5. The fourth-order valence-electron chi connectivity index (χ4n) is 3.24. The second kappa shape index (κ2) is 8.10. The van der Waals surface area contributed by atoms with Crippen LogP contribution in [0, 0.1) is 0 Å². The smallest absolute Gasteiger partial charge is 0.257 e. The molecule has 1 fully saturated rings. The van der Waals surface area contributed by atoms with E-state index in [1.165, 1.54) is 0 Å². The minimum absolute atomic E-state index is 0.179. The van der Waals surface area contributed by atoms with E-state index in [1.54, 1.807) is 30.4 Å². The Kier molecular flexibility index (Phi) is 5.38. The van der Waals surface area contributed by atoms with Gasteiger partial charge in [-0.05, 0) is 53.0 Å². The molecule has 0 spiro atoms. The molecule has 3 aromatic heterocycles. The Morgan fingerprint density at radius 2 is 2.04 bits per heavy atom. The maximum Gasteiger partial charge on any atom is 0.257 e. The quantitative estimate of drug-likeness (QED) is 0.599. The van der Waals surface area contributed by atoms with Gasteiger partial charge in [-0.2, -0.15) is 0 Å². The van der Waals surface area contributed by atoms with Gasteiger partial charge in [0.1, 0.15) is 11.5 Å². The van der Waals surface area contributed by atoms with Crippen molar-refractivity contribution in [3.63, 3.8) is 0 Å². The van der Waals surface area contributed by atoms with Gasteiger partial charge in [0.05, 0.1) is 17.8 Å². The van der Waals surface area contributed by atoms with Crippen molar-refractivity contribution in [2.75, 3.05) is 25.0 Å². The Bertz CT molecular complexity index is 970. The summed E-state index contributed by atoms with van der Waals surface area (Å²) in [5, 5.41) is 0. The molecule has 7 nitrogen and oxygen atoms in total. The molecule has 8 heteroatoms. The molecule has 0 unspecified atom stereocenters. The van der Waals surface area contributed by atoms with Crippen LogP contribution < -0.4 is 4.90 Å². The van der Waals surface area contributed by atoms with Crippen molar-refractivity contribution in [1.29, 1.82) is 0 Å². The monoisotopic (exact) mass is 441 g/mol. The van der Waals surface area contributed by atoms with E-state index in [2.05, 4.69) is 30.8 Å². The average molecular weight is 442 g/mol. The number of hydrogen-bond donors (Lipinski definition) is 0. The van der Waals surface area contributed by atoms with Crippen LogP contribution in [0.5, 0.6) is 0 Å². The van der Waals surface area contributed by atoms with Gasteiger partial charge in [-0.15, -0.1) is 0 Å². The van der Waals surface area contributed by atoms with Gasteiger partial charge >= 0.3 is 0 Å². The Morgan fingerprint density at radius 1 is 1.21 bits per heavy atom. The molecule has 0 saturated carbocycles. The number of carbonyl (C=O) groups excluding carboxylic acids is 1. The van der Waals surface area contributed by atoms with Crippen molar-refractivity contribution in [2.24, 2.45) is 0 Å². The molecule has 1 amide bonds.